The van der Waals surface area contributed by atoms with Crippen LogP contribution in [0, 0.1) is 23.3 Å². The lowest BCUT2D eigenvalue weighted by atomic mass is 10.0. The van der Waals surface area contributed by atoms with Crippen LogP contribution in [0.25, 0.3) is 0 Å². The molecule has 6 heteroatoms. The summed E-state index contributed by atoms with van der Waals surface area (Å²) in [6, 6.07) is 5.11. The van der Waals surface area contributed by atoms with Gasteiger partial charge in [0.15, 0.2) is 34.8 Å². The maximum Gasteiger partial charge on any atom is 0.194 e. The summed E-state index contributed by atoms with van der Waals surface area (Å²) in [6.07, 6.45) is -0.272. The normalized spacial score (nSPS) is 10.5. The molecular formula is C15H10F4O2. The highest BCUT2D eigenvalue weighted by molar-refractivity contribution is 5.97. The third-order valence-electron chi connectivity index (χ3n) is 2.89. The minimum absolute atomic E-state index is 0.0186. The SMILES string of the molecule is COc1ccc(CC(=O)c2cc(F)c(F)c(F)c2)cc1F. The first-order chi connectivity index (χ1) is 9.92. The molecule has 0 unspecified atom stereocenters. The molecule has 0 aliphatic carbocycles. The molecule has 2 aromatic rings. The van der Waals surface area contributed by atoms with Crippen molar-refractivity contribution >= 4 is 5.78 Å². The molecule has 0 aliphatic rings. The van der Waals surface area contributed by atoms with Crippen molar-refractivity contribution in [2.45, 2.75) is 6.42 Å². The van der Waals surface area contributed by atoms with E-state index >= 15 is 0 Å². The van der Waals surface area contributed by atoms with Gasteiger partial charge in [-0.15, -0.1) is 0 Å². The van der Waals surface area contributed by atoms with E-state index in [2.05, 4.69) is 0 Å². The average molecular weight is 298 g/mol. The van der Waals surface area contributed by atoms with Gasteiger partial charge in [-0.3, -0.25) is 4.79 Å². The van der Waals surface area contributed by atoms with Crippen molar-refractivity contribution in [2.24, 2.45) is 0 Å². The van der Waals surface area contributed by atoms with Crippen LogP contribution in [0.3, 0.4) is 0 Å². The Morgan fingerprint density at radius 2 is 1.62 bits per heavy atom. The van der Waals surface area contributed by atoms with Crippen LogP contribution in [0.5, 0.6) is 5.75 Å². The smallest absolute Gasteiger partial charge is 0.194 e. The van der Waals surface area contributed by atoms with Gasteiger partial charge in [-0.2, -0.15) is 0 Å². The molecule has 0 heterocycles. The predicted molar refractivity (Wildman–Crippen MR) is 67.3 cm³/mol. The van der Waals surface area contributed by atoms with Crippen molar-refractivity contribution in [2.75, 3.05) is 7.11 Å². The molecule has 0 atom stereocenters. The number of methoxy groups -OCH3 is 1. The van der Waals surface area contributed by atoms with E-state index in [4.69, 9.17) is 4.74 Å². The van der Waals surface area contributed by atoms with E-state index in [9.17, 15) is 22.4 Å². The summed E-state index contributed by atoms with van der Waals surface area (Å²) < 4.78 is 57.1. The van der Waals surface area contributed by atoms with E-state index in [-0.39, 0.29) is 17.7 Å². The number of ether oxygens (including phenoxy) is 1. The molecule has 0 saturated heterocycles. The minimum Gasteiger partial charge on any atom is -0.494 e. The maximum atomic E-state index is 13.5. The number of carbonyl (C=O) groups is 1. The van der Waals surface area contributed by atoms with Gasteiger partial charge in [-0.1, -0.05) is 6.07 Å². The molecule has 0 saturated carbocycles. The lowest BCUT2D eigenvalue weighted by Gasteiger charge is -2.06. The summed E-state index contributed by atoms with van der Waals surface area (Å²) in [5, 5.41) is 0. The van der Waals surface area contributed by atoms with Gasteiger partial charge in [0.05, 0.1) is 7.11 Å². The predicted octanol–water partition coefficient (Wildman–Crippen LogP) is 3.68. The third-order valence-corrected chi connectivity index (χ3v) is 2.89. The number of benzene rings is 2. The second kappa shape index (κ2) is 5.95. The summed E-state index contributed by atoms with van der Waals surface area (Å²) >= 11 is 0. The van der Waals surface area contributed by atoms with Crippen LogP contribution in [0.1, 0.15) is 15.9 Å². The zero-order valence-electron chi connectivity index (χ0n) is 10.9. The van der Waals surface area contributed by atoms with E-state index in [1.165, 1.54) is 19.2 Å². The molecule has 0 amide bonds. The summed E-state index contributed by atoms with van der Waals surface area (Å²) in [5.74, 6) is -5.82. The van der Waals surface area contributed by atoms with Gasteiger partial charge in [-0.25, -0.2) is 17.6 Å². The first-order valence-electron chi connectivity index (χ1n) is 5.92. The van der Waals surface area contributed by atoms with E-state index in [1.807, 2.05) is 0 Å². The van der Waals surface area contributed by atoms with Crippen molar-refractivity contribution in [3.63, 3.8) is 0 Å². The van der Waals surface area contributed by atoms with E-state index < -0.39 is 29.1 Å². The molecule has 2 nitrogen and oxygen atoms in total. The van der Waals surface area contributed by atoms with Crippen LogP contribution in [0.15, 0.2) is 30.3 Å². The first-order valence-corrected chi connectivity index (χ1v) is 5.92. The summed E-state index contributed by atoms with van der Waals surface area (Å²) in [4.78, 5) is 11.9. The van der Waals surface area contributed by atoms with E-state index in [0.717, 1.165) is 6.07 Å². The van der Waals surface area contributed by atoms with Crippen molar-refractivity contribution in [3.05, 3.63) is 64.7 Å². The van der Waals surface area contributed by atoms with Gasteiger partial charge in [0.2, 0.25) is 0 Å². The van der Waals surface area contributed by atoms with Crippen molar-refractivity contribution in [3.8, 4) is 5.75 Å². The average Bonchev–Trinajstić information content (AvgIpc) is 2.44. The highest BCUT2D eigenvalue weighted by atomic mass is 19.2. The van der Waals surface area contributed by atoms with Crippen molar-refractivity contribution in [1.82, 2.24) is 0 Å². The molecule has 2 rings (SSSR count). The van der Waals surface area contributed by atoms with Crippen LogP contribution in [0.2, 0.25) is 0 Å². The Bertz CT molecular complexity index is 675. The number of carbonyl (C=O) groups excluding carboxylic acids is 1. The third kappa shape index (κ3) is 3.21. The van der Waals surface area contributed by atoms with Crippen LogP contribution in [-0.2, 0) is 6.42 Å². The Labute approximate surface area is 118 Å². The fraction of sp³-hybridized carbons (Fsp3) is 0.133. The molecule has 110 valence electrons. The standard InChI is InChI=1S/C15H10F4O2/c1-21-14-3-2-8(4-10(14)16)5-13(20)9-6-11(17)15(19)12(18)7-9/h2-4,6-7H,5H2,1H3. The van der Waals surface area contributed by atoms with Crippen LogP contribution < -0.4 is 4.74 Å². The number of rotatable bonds is 4. The molecule has 0 spiro atoms. The molecule has 0 radical (unpaired) electrons. The molecule has 0 bridgehead atoms. The summed E-state index contributed by atoms with van der Waals surface area (Å²) in [7, 11) is 1.30. The molecule has 2 aromatic carbocycles. The first kappa shape index (κ1) is 15.0. The number of hydrogen-bond acceptors (Lipinski definition) is 2. The van der Waals surface area contributed by atoms with E-state index in [0.29, 0.717) is 17.7 Å². The Morgan fingerprint density at radius 3 is 2.14 bits per heavy atom. The summed E-state index contributed by atoms with van der Waals surface area (Å²) in [5.41, 5.74) is -0.00827. The maximum absolute atomic E-state index is 13.5. The second-order valence-corrected chi connectivity index (χ2v) is 4.32. The molecule has 0 aromatic heterocycles. The van der Waals surface area contributed by atoms with Crippen molar-refractivity contribution < 1.29 is 27.1 Å². The number of ketones is 1. The van der Waals surface area contributed by atoms with Gasteiger partial charge in [-0.05, 0) is 29.8 Å². The number of hydrogen-bond donors (Lipinski definition) is 0. The Hall–Kier alpha value is -2.37. The largest absolute Gasteiger partial charge is 0.494 e. The molecule has 0 aliphatic heterocycles. The summed E-state index contributed by atoms with van der Waals surface area (Å²) in [6.45, 7) is 0. The van der Waals surface area contributed by atoms with Gasteiger partial charge >= 0.3 is 0 Å². The van der Waals surface area contributed by atoms with Crippen LogP contribution in [-0.4, -0.2) is 12.9 Å². The number of halogens is 4. The molecule has 0 N–H and O–H groups in total. The molecule has 21 heavy (non-hydrogen) atoms. The van der Waals surface area contributed by atoms with Crippen molar-refractivity contribution in [1.29, 1.82) is 0 Å². The van der Waals surface area contributed by atoms with Crippen LogP contribution >= 0.6 is 0 Å². The van der Waals surface area contributed by atoms with Gasteiger partial charge in [0.25, 0.3) is 0 Å². The second-order valence-electron chi connectivity index (χ2n) is 4.32. The Balaban J connectivity index is 2.24. The van der Waals surface area contributed by atoms with Crippen LogP contribution in [0.4, 0.5) is 17.6 Å². The monoisotopic (exact) mass is 298 g/mol. The fourth-order valence-corrected chi connectivity index (χ4v) is 1.82. The molecule has 0 fully saturated rings. The Morgan fingerprint density at radius 1 is 1.00 bits per heavy atom. The highest BCUT2D eigenvalue weighted by Crippen LogP contribution is 2.20. The zero-order valence-corrected chi connectivity index (χ0v) is 10.9. The van der Waals surface area contributed by atoms with Gasteiger partial charge in [0.1, 0.15) is 0 Å². The molecular weight excluding hydrogens is 288 g/mol. The Kier molecular flexibility index (Phi) is 4.26. The van der Waals surface area contributed by atoms with E-state index in [1.54, 1.807) is 0 Å². The van der Waals surface area contributed by atoms with Gasteiger partial charge < -0.3 is 4.74 Å². The van der Waals surface area contributed by atoms with Gasteiger partial charge in [0, 0.05) is 12.0 Å². The minimum atomic E-state index is -1.64. The number of Topliss-reactive ketones (excluding diaryl/α,β-unsaturated/α-hetero) is 1. The highest BCUT2D eigenvalue weighted by Gasteiger charge is 2.16. The fourth-order valence-electron chi connectivity index (χ4n) is 1.82. The lowest BCUT2D eigenvalue weighted by Crippen LogP contribution is -2.06. The quantitative estimate of drug-likeness (QED) is 0.489. The lowest BCUT2D eigenvalue weighted by molar-refractivity contribution is 0.0991. The topological polar surface area (TPSA) is 26.3 Å². The zero-order chi connectivity index (χ0) is 15.6.